The Balaban J connectivity index is 1.61. The number of hydrogen-bond donors (Lipinski definition) is 0. The van der Waals surface area contributed by atoms with Crippen LogP contribution in [0, 0.1) is 6.92 Å². The summed E-state index contributed by atoms with van der Waals surface area (Å²) < 4.78 is 3.37. The topological polar surface area (TPSA) is 72.5 Å². The minimum atomic E-state index is -0.269. The fourth-order valence-corrected chi connectivity index (χ4v) is 4.66. The Morgan fingerprint density at radius 1 is 0.912 bits per heavy atom. The van der Waals surface area contributed by atoms with Crippen molar-refractivity contribution in [1.82, 2.24) is 24.1 Å². The van der Waals surface area contributed by atoms with E-state index in [1.54, 1.807) is 0 Å². The Morgan fingerprint density at radius 3 is 2.24 bits per heavy atom. The monoisotopic (exact) mass is 455 g/mol. The maximum Gasteiger partial charge on any atom is 0.279 e. The van der Waals surface area contributed by atoms with Crippen molar-refractivity contribution >= 4 is 11.7 Å². The number of benzene rings is 2. The zero-order valence-electron chi connectivity index (χ0n) is 19.5. The van der Waals surface area contributed by atoms with Crippen LogP contribution in [0.3, 0.4) is 0 Å². The molecule has 4 aromatic rings. The summed E-state index contributed by atoms with van der Waals surface area (Å²) >= 11 is 0. The van der Waals surface area contributed by atoms with Gasteiger partial charge in [0.15, 0.2) is 5.82 Å². The normalized spacial score (nSPS) is 14.3. The summed E-state index contributed by atoms with van der Waals surface area (Å²) in [7, 11) is 0. The molecule has 0 bridgehead atoms. The Labute approximate surface area is 198 Å². The van der Waals surface area contributed by atoms with Crippen molar-refractivity contribution in [2.45, 2.75) is 45.6 Å². The second-order valence-corrected chi connectivity index (χ2v) is 8.93. The van der Waals surface area contributed by atoms with E-state index < -0.39 is 0 Å². The van der Waals surface area contributed by atoms with Gasteiger partial charge in [-0.15, -0.1) is 5.10 Å². The SMILES string of the molecule is Cc1c(CC(=O)N2CCCCCC2)c(=O)n2nc(-c3ccccc3)nc2n1Cc1ccccc1. The summed E-state index contributed by atoms with van der Waals surface area (Å²) in [5.74, 6) is 0.988. The first-order chi connectivity index (χ1) is 16.6. The number of fused-ring (bicyclic) bond motifs is 1. The zero-order chi connectivity index (χ0) is 23.5. The number of carbonyl (C=O) groups is 1. The highest BCUT2D eigenvalue weighted by atomic mass is 16.2. The molecule has 5 rings (SSSR count). The Bertz CT molecular complexity index is 1350. The molecule has 0 aliphatic carbocycles. The fourth-order valence-electron chi connectivity index (χ4n) is 4.66. The molecule has 1 aliphatic rings. The molecule has 7 nitrogen and oxygen atoms in total. The Morgan fingerprint density at radius 2 is 1.56 bits per heavy atom. The van der Waals surface area contributed by atoms with Gasteiger partial charge >= 0.3 is 0 Å². The summed E-state index contributed by atoms with van der Waals surface area (Å²) in [6, 6.07) is 19.7. The van der Waals surface area contributed by atoms with E-state index in [2.05, 4.69) is 5.10 Å². The lowest BCUT2D eigenvalue weighted by atomic mass is 10.1. The molecular formula is C27H29N5O2. The minimum Gasteiger partial charge on any atom is -0.342 e. The number of rotatable bonds is 5. The van der Waals surface area contributed by atoms with Crippen LogP contribution in [0.15, 0.2) is 65.5 Å². The van der Waals surface area contributed by atoms with Gasteiger partial charge in [0.1, 0.15) is 0 Å². The quantitative estimate of drug-likeness (QED) is 0.458. The van der Waals surface area contributed by atoms with Crippen molar-refractivity contribution in [3.05, 3.63) is 87.8 Å². The van der Waals surface area contributed by atoms with Gasteiger partial charge in [-0.2, -0.15) is 9.50 Å². The van der Waals surface area contributed by atoms with Gasteiger partial charge in [0.25, 0.3) is 5.56 Å². The number of likely N-dealkylation sites (tertiary alicyclic amines) is 1. The molecule has 2 aromatic heterocycles. The standard InChI is InChI=1S/C27H29N5O2/c1-20-23(18-24(33)30-16-10-2-3-11-17-30)26(34)32-27(31(20)19-21-12-6-4-7-13-21)28-25(29-32)22-14-8-5-9-15-22/h4-9,12-15H,2-3,10-11,16-19H2,1H3. The highest BCUT2D eigenvalue weighted by Crippen LogP contribution is 2.19. The first kappa shape index (κ1) is 22.1. The van der Waals surface area contributed by atoms with Crippen LogP contribution in [0.4, 0.5) is 0 Å². The average Bonchev–Trinajstić information content (AvgIpc) is 3.13. The average molecular weight is 456 g/mol. The third kappa shape index (κ3) is 4.38. The first-order valence-electron chi connectivity index (χ1n) is 12.0. The van der Waals surface area contributed by atoms with E-state index in [1.165, 1.54) is 4.52 Å². The van der Waals surface area contributed by atoms with Crippen molar-refractivity contribution in [3.8, 4) is 11.4 Å². The smallest absolute Gasteiger partial charge is 0.279 e. The van der Waals surface area contributed by atoms with E-state index in [1.807, 2.05) is 77.1 Å². The summed E-state index contributed by atoms with van der Waals surface area (Å²) in [6.45, 7) is 3.97. The van der Waals surface area contributed by atoms with Crippen LogP contribution in [0.25, 0.3) is 17.2 Å². The maximum absolute atomic E-state index is 13.6. The lowest BCUT2D eigenvalue weighted by molar-refractivity contribution is -0.130. The minimum absolute atomic E-state index is 0.0103. The van der Waals surface area contributed by atoms with Gasteiger partial charge in [-0.25, -0.2) is 0 Å². The van der Waals surface area contributed by atoms with Gasteiger partial charge in [-0.05, 0) is 25.3 Å². The van der Waals surface area contributed by atoms with Gasteiger partial charge in [0.2, 0.25) is 11.7 Å². The predicted octanol–water partition coefficient (Wildman–Crippen LogP) is 3.86. The fraction of sp³-hybridized carbons (Fsp3) is 0.333. The zero-order valence-corrected chi connectivity index (χ0v) is 19.5. The third-order valence-corrected chi connectivity index (χ3v) is 6.63. The molecule has 174 valence electrons. The maximum atomic E-state index is 13.6. The molecule has 3 heterocycles. The number of aromatic nitrogens is 4. The molecule has 1 aliphatic heterocycles. The lowest BCUT2D eigenvalue weighted by Gasteiger charge is -2.21. The molecule has 0 atom stereocenters. The largest absolute Gasteiger partial charge is 0.342 e. The van der Waals surface area contributed by atoms with Crippen LogP contribution in [-0.4, -0.2) is 43.1 Å². The van der Waals surface area contributed by atoms with Crippen molar-refractivity contribution in [3.63, 3.8) is 0 Å². The molecule has 34 heavy (non-hydrogen) atoms. The molecule has 2 aromatic carbocycles. The van der Waals surface area contributed by atoms with Gasteiger partial charge < -0.3 is 9.47 Å². The van der Waals surface area contributed by atoms with Crippen molar-refractivity contribution in [2.75, 3.05) is 13.1 Å². The highest BCUT2D eigenvalue weighted by Gasteiger charge is 2.23. The molecule has 1 saturated heterocycles. The summed E-state index contributed by atoms with van der Waals surface area (Å²) in [6.07, 6.45) is 4.42. The Hall–Kier alpha value is -3.74. The second-order valence-electron chi connectivity index (χ2n) is 8.93. The molecule has 0 unspecified atom stereocenters. The molecule has 0 radical (unpaired) electrons. The van der Waals surface area contributed by atoms with Crippen LogP contribution >= 0.6 is 0 Å². The van der Waals surface area contributed by atoms with Gasteiger partial charge in [-0.3, -0.25) is 9.59 Å². The Kier molecular flexibility index (Phi) is 6.25. The van der Waals surface area contributed by atoms with Gasteiger partial charge in [-0.1, -0.05) is 73.5 Å². The first-order valence-corrected chi connectivity index (χ1v) is 12.0. The third-order valence-electron chi connectivity index (χ3n) is 6.63. The number of amides is 1. The molecule has 0 N–H and O–H groups in total. The van der Waals surface area contributed by atoms with Gasteiger partial charge in [0.05, 0.1) is 13.0 Å². The second kappa shape index (κ2) is 9.63. The van der Waals surface area contributed by atoms with Gasteiger partial charge in [0, 0.05) is 29.9 Å². The van der Waals surface area contributed by atoms with Crippen LogP contribution in [0.5, 0.6) is 0 Å². The number of hydrogen-bond acceptors (Lipinski definition) is 4. The van der Waals surface area contributed by atoms with Crippen LogP contribution in [0.1, 0.15) is 42.5 Å². The van der Waals surface area contributed by atoms with E-state index in [-0.39, 0.29) is 17.9 Å². The van der Waals surface area contributed by atoms with Crippen LogP contribution in [0.2, 0.25) is 0 Å². The predicted molar refractivity (Wildman–Crippen MR) is 132 cm³/mol. The number of nitrogens with zero attached hydrogens (tertiary/aromatic N) is 5. The van der Waals surface area contributed by atoms with E-state index in [9.17, 15) is 9.59 Å². The van der Waals surface area contributed by atoms with E-state index in [0.29, 0.717) is 23.7 Å². The van der Waals surface area contributed by atoms with Crippen LogP contribution < -0.4 is 5.56 Å². The lowest BCUT2D eigenvalue weighted by Crippen LogP contribution is -2.36. The van der Waals surface area contributed by atoms with Crippen molar-refractivity contribution in [1.29, 1.82) is 0 Å². The van der Waals surface area contributed by atoms with E-state index >= 15 is 0 Å². The molecule has 1 fully saturated rings. The van der Waals surface area contributed by atoms with Crippen LogP contribution in [-0.2, 0) is 17.8 Å². The molecule has 0 spiro atoms. The summed E-state index contributed by atoms with van der Waals surface area (Å²) in [4.78, 5) is 33.4. The summed E-state index contributed by atoms with van der Waals surface area (Å²) in [5.41, 5.74) is 2.91. The molecule has 1 amide bonds. The molecular weight excluding hydrogens is 426 g/mol. The highest BCUT2D eigenvalue weighted by molar-refractivity contribution is 5.79. The van der Waals surface area contributed by atoms with E-state index in [0.717, 1.165) is 55.6 Å². The number of carbonyl (C=O) groups excluding carboxylic acids is 1. The van der Waals surface area contributed by atoms with E-state index in [4.69, 9.17) is 4.98 Å². The van der Waals surface area contributed by atoms with Crippen molar-refractivity contribution in [2.24, 2.45) is 0 Å². The molecule has 0 saturated carbocycles. The summed E-state index contributed by atoms with van der Waals surface area (Å²) in [5, 5.41) is 4.57. The van der Waals surface area contributed by atoms with Crippen molar-refractivity contribution < 1.29 is 4.79 Å². The molecule has 7 heteroatoms.